The van der Waals surface area contributed by atoms with E-state index in [2.05, 4.69) is 0 Å². The molecule has 0 spiro atoms. The van der Waals surface area contributed by atoms with E-state index in [0.29, 0.717) is 16.9 Å². The van der Waals surface area contributed by atoms with Gasteiger partial charge < -0.3 is 14.0 Å². The Labute approximate surface area is 149 Å². The van der Waals surface area contributed by atoms with Crippen molar-refractivity contribution in [1.82, 2.24) is 0 Å². The molecule has 5 heteroatoms. The molecule has 0 aliphatic carbocycles. The van der Waals surface area contributed by atoms with Gasteiger partial charge in [0.2, 0.25) is 0 Å². The summed E-state index contributed by atoms with van der Waals surface area (Å²) in [7, 11) is 1.06. The minimum Gasteiger partial charge on any atom is -0.497 e. The van der Waals surface area contributed by atoms with E-state index < -0.39 is 18.3 Å². The molecule has 0 amide bonds. The summed E-state index contributed by atoms with van der Waals surface area (Å²) in [5.41, 5.74) is 1.14. The van der Waals surface area contributed by atoms with Gasteiger partial charge in [-0.3, -0.25) is 4.79 Å². The fourth-order valence-electron chi connectivity index (χ4n) is 2.77. The third kappa shape index (κ3) is 3.22. The van der Waals surface area contributed by atoms with Crippen molar-refractivity contribution in [2.75, 3.05) is 7.11 Å². The van der Waals surface area contributed by atoms with Crippen LogP contribution in [0.1, 0.15) is 43.6 Å². The number of rotatable bonds is 4. The fourth-order valence-corrected chi connectivity index (χ4v) is 2.77. The molecule has 0 radical (unpaired) electrons. The van der Waals surface area contributed by atoms with Gasteiger partial charge in [0.1, 0.15) is 5.75 Å². The predicted octanol–water partition coefficient (Wildman–Crippen LogP) is 3.23. The first-order chi connectivity index (χ1) is 11.7. The first-order valence-electron chi connectivity index (χ1n) is 8.38. The van der Waals surface area contributed by atoms with Gasteiger partial charge in [-0.1, -0.05) is 42.5 Å². The van der Waals surface area contributed by atoms with Gasteiger partial charge in [-0.15, -0.1) is 0 Å². The molecule has 0 atom stereocenters. The van der Waals surface area contributed by atoms with Crippen LogP contribution in [0.3, 0.4) is 0 Å². The average molecular weight is 338 g/mol. The summed E-state index contributed by atoms with van der Waals surface area (Å²) in [4.78, 5) is 12.6. The number of carbonyl (C=O) groups excluding carboxylic acids is 1. The van der Waals surface area contributed by atoms with Gasteiger partial charge in [-0.2, -0.15) is 0 Å². The number of methoxy groups -OCH3 is 1. The highest BCUT2D eigenvalue weighted by molar-refractivity contribution is 6.63. The molecule has 0 saturated carbocycles. The Hall–Kier alpha value is -2.11. The van der Waals surface area contributed by atoms with Gasteiger partial charge in [0, 0.05) is 16.6 Å². The molecular formula is C20H23BO4. The number of hydrogen-bond donors (Lipinski definition) is 0. The highest BCUT2D eigenvalue weighted by Gasteiger charge is 2.52. The molecule has 2 aromatic carbocycles. The van der Waals surface area contributed by atoms with Crippen LogP contribution < -0.4 is 10.2 Å². The molecule has 25 heavy (non-hydrogen) atoms. The molecule has 130 valence electrons. The Bertz CT molecular complexity index is 768. The molecule has 1 aliphatic rings. The van der Waals surface area contributed by atoms with Gasteiger partial charge >= 0.3 is 7.12 Å². The van der Waals surface area contributed by atoms with E-state index in [1.54, 1.807) is 31.4 Å². The topological polar surface area (TPSA) is 44.8 Å². The Balaban J connectivity index is 1.93. The van der Waals surface area contributed by atoms with Crippen LogP contribution in [0, 0.1) is 0 Å². The quantitative estimate of drug-likeness (QED) is 0.634. The standard InChI is InChI=1S/C20H23BO4/c1-19(2)20(3,4)25-21(24-19)16-12-11-15(13-17(16)23-5)18(22)14-9-7-6-8-10-14/h6-13H,1-5H3. The van der Waals surface area contributed by atoms with E-state index >= 15 is 0 Å². The minimum atomic E-state index is -0.527. The van der Waals surface area contributed by atoms with Crippen molar-refractivity contribution in [1.29, 1.82) is 0 Å². The molecule has 1 fully saturated rings. The molecular weight excluding hydrogens is 315 g/mol. The summed E-state index contributed by atoms with van der Waals surface area (Å²) in [6.07, 6.45) is 0. The first kappa shape index (κ1) is 17.7. The van der Waals surface area contributed by atoms with Crippen LogP contribution in [0.15, 0.2) is 48.5 Å². The van der Waals surface area contributed by atoms with E-state index in [1.807, 2.05) is 52.0 Å². The zero-order valence-corrected chi connectivity index (χ0v) is 15.3. The van der Waals surface area contributed by atoms with Crippen molar-refractivity contribution in [3.8, 4) is 5.75 Å². The molecule has 1 saturated heterocycles. The molecule has 0 bridgehead atoms. The molecule has 1 heterocycles. The fraction of sp³-hybridized carbons (Fsp3) is 0.350. The van der Waals surface area contributed by atoms with Crippen molar-refractivity contribution in [2.24, 2.45) is 0 Å². The van der Waals surface area contributed by atoms with Crippen LogP contribution in [0.2, 0.25) is 0 Å². The lowest BCUT2D eigenvalue weighted by Crippen LogP contribution is -2.41. The molecule has 0 aromatic heterocycles. The van der Waals surface area contributed by atoms with Gasteiger partial charge in [0.05, 0.1) is 18.3 Å². The van der Waals surface area contributed by atoms with Crippen LogP contribution in [0.4, 0.5) is 0 Å². The van der Waals surface area contributed by atoms with E-state index in [4.69, 9.17) is 14.0 Å². The average Bonchev–Trinajstić information content (AvgIpc) is 2.82. The molecule has 0 N–H and O–H groups in total. The summed E-state index contributed by atoms with van der Waals surface area (Å²) in [5.74, 6) is 0.541. The van der Waals surface area contributed by atoms with Crippen LogP contribution >= 0.6 is 0 Å². The Morgan fingerprint density at radius 3 is 2.08 bits per heavy atom. The summed E-state index contributed by atoms with van der Waals surface area (Å²) in [5, 5.41) is 0. The molecule has 1 aliphatic heterocycles. The largest absolute Gasteiger partial charge is 0.498 e. The van der Waals surface area contributed by atoms with Gasteiger partial charge in [0.25, 0.3) is 0 Å². The Morgan fingerprint density at radius 1 is 0.920 bits per heavy atom. The zero-order valence-electron chi connectivity index (χ0n) is 15.3. The molecule has 0 unspecified atom stereocenters. The zero-order chi connectivity index (χ0) is 18.2. The minimum absolute atomic E-state index is 0.0423. The number of ketones is 1. The lowest BCUT2D eigenvalue weighted by molar-refractivity contribution is 0.00578. The second-order valence-electron chi connectivity index (χ2n) is 7.24. The third-order valence-electron chi connectivity index (χ3n) is 5.04. The number of benzene rings is 2. The number of hydrogen-bond acceptors (Lipinski definition) is 4. The summed E-state index contributed by atoms with van der Waals surface area (Å²) in [6.45, 7) is 8.03. The van der Waals surface area contributed by atoms with Gasteiger partial charge in [-0.05, 0) is 33.8 Å². The van der Waals surface area contributed by atoms with Crippen molar-refractivity contribution in [3.05, 3.63) is 59.7 Å². The van der Waals surface area contributed by atoms with Gasteiger partial charge in [0.15, 0.2) is 5.78 Å². The summed E-state index contributed by atoms with van der Waals surface area (Å²) < 4.78 is 17.7. The lowest BCUT2D eigenvalue weighted by atomic mass is 9.77. The third-order valence-corrected chi connectivity index (χ3v) is 5.04. The second kappa shape index (κ2) is 6.32. The van der Waals surface area contributed by atoms with E-state index in [0.717, 1.165) is 5.46 Å². The lowest BCUT2D eigenvalue weighted by Gasteiger charge is -2.32. The van der Waals surface area contributed by atoms with Crippen molar-refractivity contribution in [2.45, 2.75) is 38.9 Å². The van der Waals surface area contributed by atoms with E-state index in [1.165, 1.54) is 0 Å². The summed E-state index contributed by atoms with van der Waals surface area (Å²) >= 11 is 0. The number of ether oxygens (including phenoxy) is 1. The van der Waals surface area contributed by atoms with Crippen LogP contribution in [-0.4, -0.2) is 31.2 Å². The monoisotopic (exact) mass is 338 g/mol. The highest BCUT2D eigenvalue weighted by Crippen LogP contribution is 2.37. The smallest absolute Gasteiger partial charge is 0.497 e. The van der Waals surface area contributed by atoms with E-state index in [-0.39, 0.29) is 5.78 Å². The SMILES string of the molecule is COc1cc(C(=O)c2ccccc2)ccc1B1OC(C)(C)C(C)(C)O1. The Kier molecular flexibility index (Phi) is 4.48. The van der Waals surface area contributed by atoms with Crippen molar-refractivity contribution in [3.63, 3.8) is 0 Å². The molecule has 3 rings (SSSR count). The molecule has 4 nitrogen and oxygen atoms in total. The van der Waals surface area contributed by atoms with Crippen LogP contribution in [0.5, 0.6) is 5.75 Å². The first-order valence-corrected chi connectivity index (χ1v) is 8.38. The summed E-state index contributed by atoms with van der Waals surface area (Å²) in [6, 6.07) is 14.6. The van der Waals surface area contributed by atoms with Gasteiger partial charge in [-0.25, -0.2) is 0 Å². The van der Waals surface area contributed by atoms with Crippen LogP contribution in [0.25, 0.3) is 0 Å². The predicted molar refractivity (Wildman–Crippen MR) is 98.6 cm³/mol. The maximum absolute atomic E-state index is 12.6. The maximum atomic E-state index is 12.6. The second-order valence-corrected chi connectivity index (χ2v) is 7.24. The molecule has 2 aromatic rings. The van der Waals surface area contributed by atoms with Crippen molar-refractivity contribution >= 4 is 18.4 Å². The Morgan fingerprint density at radius 2 is 1.52 bits per heavy atom. The maximum Gasteiger partial charge on any atom is 0.498 e. The number of carbonyl (C=O) groups is 1. The highest BCUT2D eigenvalue weighted by atomic mass is 16.7. The van der Waals surface area contributed by atoms with Crippen LogP contribution in [-0.2, 0) is 9.31 Å². The van der Waals surface area contributed by atoms with Crippen molar-refractivity contribution < 1.29 is 18.8 Å². The van der Waals surface area contributed by atoms with E-state index in [9.17, 15) is 4.79 Å². The normalized spacial score (nSPS) is 18.2.